The van der Waals surface area contributed by atoms with Crippen molar-refractivity contribution in [1.82, 2.24) is 15.2 Å². The van der Waals surface area contributed by atoms with Gasteiger partial charge in [0.1, 0.15) is 17.4 Å². The first-order valence-electron chi connectivity index (χ1n) is 9.11. The van der Waals surface area contributed by atoms with E-state index >= 15 is 0 Å². The largest absolute Gasteiger partial charge is 0.447 e. The first-order chi connectivity index (χ1) is 12.9. The quantitative estimate of drug-likeness (QED) is 0.645. The van der Waals surface area contributed by atoms with Crippen LogP contribution in [0.25, 0.3) is 11.3 Å². The van der Waals surface area contributed by atoms with E-state index in [2.05, 4.69) is 29.0 Å². The molecule has 6 heteroatoms. The fourth-order valence-electron chi connectivity index (χ4n) is 5.40. The Morgan fingerprint density at radius 3 is 2.56 bits per heavy atom. The average Bonchev–Trinajstić information content (AvgIpc) is 3.22. The van der Waals surface area contributed by atoms with Gasteiger partial charge >= 0.3 is 0 Å². The maximum absolute atomic E-state index is 14.2. The van der Waals surface area contributed by atoms with Crippen LogP contribution in [0.15, 0.2) is 35.1 Å². The van der Waals surface area contributed by atoms with Crippen LogP contribution >= 0.6 is 0 Å². The average molecular weight is 367 g/mol. The second-order valence-corrected chi connectivity index (χ2v) is 8.12. The molecule has 1 aromatic carbocycles. The number of hydrogen-bond donors (Lipinski definition) is 0. The number of aryl methyl sites for hydroxylation is 1. The standard InChI is InChI=1S/C21H19F2N3O/c1-11-19(27-10-24-11)21-8-7-13(20(21,2)3)12-9-16(25-26-18(12)21)17-14(22)5-4-6-15(17)23/h4-6,9-10,13H,7-8H2,1-3H3/t13-,21+/m0/s1. The fraction of sp³-hybridized carbons (Fsp3) is 0.381. The lowest BCUT2D eigenvalue weighted by Crippen LogP contribution is -2.37. The molecule has 0 radical (unpaired) electrons. The molecule has 0 saturated heterocycles. The molecule has 0 N–H and O–H groups in total. The van der Waals surface area contributed by atoms with Crippen LogP contribution in [-0.2, 0) is 5.41 Å². The number of benzene rings is 1. The molecule has 1 fully saturated rings. The summed E-state index contributed by atoms with van der Waals surface area (Å²) in [6.07, 6.45) is 3.33. The van der Waals surface area contributed by atoms with Crippen molar-refractivity contribution in [3.05, 3.63) is 65.0 Å². The molecule has 0 unspecified atom stereocenters. The highest BCUT2D eigenvalue weighted by atomic mass is 19.1. The van der Waals surface area contributed by atoms with E-state index in [1.165, 1.54) is 24.6 Å². The van der Waals surface area contributed by atoms with Gasteiger partial charge in [0.05, 0.1) is 28.1 Å². The molecule has 4 nitrogen and oxygen atoms in total. The summed E-state index contributed by atoms with van der Waals surface area (Å²) in [6.45, 7) is 6.35. The minimum absolute atomic E-state index is 0.127. The minimum atomic E-state index is -0.632. The fourth-order valence-corrected chi connectivity index (χ4v) is 5.40. The molecule has 2 atom stereocenters. The van der Waals surface area contributed by atoms with Crippen LogP contribution in [0, 0.1) is 24.0 Å². The SMILES string of the molecule is Cc1ncoc1[C@@]12CC[C@@H](c3cc(-c4c(F)cccc4F)nnc31)C2(C)C. The van der Waals surface area contributed by atoms with Crippen molar-refractivity contribution in [1.29, 1.82) is 0 Å². The zero-order valence-corrected chi connectivity index (χ0v) is 15.4. The van der Waals surface area contributed by atoms with Crippen LogP contribution < -0.4 is 0 Å². The van der Waals surface area contributed by atoms with E-state index in [0.717, 1.165) is 35.6 Å². The molecule has 2 aliphatic rings. The summed E-state index contributed by atoms with van der Waals surface area (Å²) in [7, 11) is 0. The molecule has 0 amide bonds. The molecule has 3 aromatic rings. The molecule has 27 heavy (non-hydrogen) atoms. The zero-order valence-electron chi connectivity index (χ0n) is 15.4. The molecule has 138 valence electrons. The number of oxazole rings is 1. The predicted octanol–water partition coefficient (Wildman–Crippen LogP) is 4.92. The molecule has 0 spiro atoms. The summed E-state index contributed by atoms with van der Waals surface area (Å²) in [5.74, 6) is -0.214. The topological polar surface area (TPSA) is 51.8 Å². The van der Waals surface area contributed by atoms with E-state index in [-0.39, 0.29) is 22.6 Å². The summed E-state index contributed by atoms with van der Waals surface area (Å²) in [5.41, 5.74) is 2.25. The van der Waals surface area contributed by atoms with Gasteiger partial charge in [0.15, 0.2) is 6.39 Å². The smallest absolute Gasteiger partial charge is 0.181 e. The molecular formula is C21H19F2N3O. The summed E-state index contributed by atoms with van der Waals surface area (Å²) in [6, 6.07) is 5.64. The van der Waals surface area contributed by atoms with Crippen molar-refractivity contribution < 1.29 is 13.2 Å². The third-order valence-electron chi connectivity index (χ3n) is 6.73. The van der Waals surface area contributed by atoms with E-state index in [9.17, 15) is 8.78 Å². The van der Waals surface area contributed by atoms with Gasteiger partial charge in [-0.2, -0.15) is 5.10 Å². The highest BCUT2D eigenvalue weighted by molar-refractivity contribution is 5.64. The molecule has 2 bridgehead atoms. The molecule has 2 aliphatic carbocycles. The van der Waals surface area contributed by atoms with Crippen LogP contribution in [0.3, 0.4) is 0 Å². The molecule has 0 aliphatic heterocycles. The van der Waals surface area contributed by atoms with E-state index in [0.29, 0.717) is 0 Å². The van der Waals surface area contributed by atoms with Crippen molar-refractivity contribution in [2.75, 3.05) is 0 Å². The van der Waals surface area contributed by atoms with Crippen molar-refractivity contribution >= 4 is 0 Å². The van der Waals surface area contributed by atoms with Gasteiger partial charge in [0.2, 0.25) is 0 Å². The summed E-state index contributed by atoms with van der Waals surface area (Å²) in [4.78, 5) is 4.29. The number of fused-ring (bicyclic) bond motifs is 5. The maximum Gasteiger partial charge on any atom is 0.181 e. The number of aromatic nitrogens is 3. The van der Waals surface area contributed by atoms with Gasteiger partial charge in [0, 0.05) is 0 Å². The Bertz CT molecular complexity index is 1050. The molecule has 2 aromatic heterocycles. The lowest BCUT2D eigenvalue weighted by molar-refractivity contribution is 0.212. The Hall–Kier alpha value is -2.63. The molecule has 5 rings (SSSR count). The third-order valence-corrected chi connectivity index (χ3v) is 6.73. The van der Waals surface area contributed by atoms with E-state index < -0.39 is 17.0 Å². The first kappa shape index (κ1) is 16.5. The number of nitrogens with zero attached hydrogens (tertiary/aromatic N) is 3. The van der Waals surface area contributed by atoms with Crippen molar-refractivity contribution in [2.45, 2.75) is 44.9 Å². The predicted molar refractivity (Wildman–Crippen MR) is 95.2 cm³/mol. The Labute approximate surface area is 155 Å². The summed E-state index contributed by atoms with van der Waals surface area (Å²) < 4.78 is 34.3. The van der Waals surface area contributed by atoms with Gasteiger partial charge in [-0.1, -0.05) is 19.9 Å². The van der Waals surface area contributed by atoms with Crippen LogP contribution in [0.1, 0.15) is 55.3 Å². The van der Waals surface area contributed by atoms with Gasteiger partial charge in [-0.15, -0.1) is 5.10 Å². The van der Waals surface area contributed by atoms with Crippen molar-refractivity contribution in [3.8, 4) is 11.3 Å². The van der Waals surface area contributed by atoms with Gasteiger partial charge in [-0.05, 0) is 54.9 Å². The second-order valence-electron chi connectivity index (χ2n) is 8.12. The lowest BCUT2D eigenvalue weighted by atomic mass is 9.66. The van der Waals surface area contributed by atoms with E-state index in [1.807, 2.05) is 13.0 Å². The monoisotopic (exact) mass is 367 g/mol. The van der Waals surface area contributed by atoms with Crippen molar-refractivity contribution in [2.24, 2.45) is 5.41 Å². The Kier molecular flexibility index (Phi) is 3.19. The lowest BCUT2D eigenvalue weighted by Gasteiger charge is -2.36. The van der Waals surface area contributed by atoms with E-state index in [1.54, 1.807) is 0 Å². The number of hydrogen-bond acceptors (Lipinski definition) is 4. The van der Waals surface area contributed by atoms with Gasteiger partial charge in [0.25, 0.3) is 0 Å². The zero-order chi connectivity index (χ0) is 19.0. The normalized spacial score (nSPS) is 25.0. The Morgan fingerprint density at radius 2 is 1.89 bits per heavy atom. The van der Waals surface area contributed by atoms with Crippen LogP contribution in [-0.4, -0.2) is 15.2 Å². The van der Waals surface area contributed by atoms with Gasteiger partial charge in [-0.3, -0.25) is 0 Å². The second kappa shape index (κ2) is 5.21. The molecular weight excluding hydrogens is 348 g/mol. The van der Waals surface area contributed by atoms with Gasteiger partial charge in [-0.25, -0.2) is 13.8 Å². The minimum Gasteiger partial charge on any atom is -0.447 e. The Balaban J connectivity index is 1.75. The van der Waals surface area contributed by atoms with Crippen molar-refractivity contribution in [3.63, 3.8) is 0 Å². The van der Waals surface area contributed by atoms with Crippen LogP contribution in [0.4, 0.5) is 8.78 Å². The highest BCUT2D eigenvalue weighted by Gasteiger charge is 2.66. The maximum atomic E-state index is 14.2. The number of rotatable bonds is 2. The van der Waals surface area contributed by atoms with E-state index in [4.69, 9.17) is 4.42 Å². The summed E-state index contributed by atoms with van der Waals surface area (Å²) >= 11 is 0. The first-order valence-corrected chi connectivity index (χ1v) is 9.11. The molecule has 2 heterocycles. The highest BCUT2D eigenvalue weighted by Crippen LogP contribution is 2.70. The molecule has 1 saturated carbocycles. The Morgan fingerprint density at radius 1 is 1.15 bits per heavy atom. The van der Waals surface area contributed by atoms with Crippen LogP contribution in [0.2, 0.25) is 0 Å². The van der Waals surface area contributed by atoms with Crippen LogP contribution in [0.5, 0.6) is 0 Å². The third kappa shape index (κ3) is 1.88. The number of halogens is 2. The van der Waals surface area contributed by atoms with Gasteiger partial charge < -0.3 is 4.42 Å². The summed E-state index contributed by atoms with van der Waals surface area (Å²) in [5, 5.41) is 8.71.